The molecular weight excluding hydrogens is 278 g/mol. The number of anilines is 1. The van der Waals surface area contributed by atoms with Gasteiger partial charge in [0.15, 0.2) is 0 Å². The smallest absolute Gasteiger partial charge is 0.0419 e. The third kappa shape index (κ3) is 5.59. The highest BCUT2D eigenvalue weighted by Crippen LogP contribution is 2.32. The van der Waals surface area contributed by atoms with E-state index in [-0.39, 0.29) is 0 Å². The quantitative estimate of drug-likeness (QED) is 0.581. The number of allylic oxidation sites excluding steroid dienone is 5. The molecule has 0 radical (unpaired) electrons. The summed E-state index contributed by atoms with van der Waals surface area (Å²) in [6, 6.07) is 10.3. The third-order valence-electron chi connectivity index (χ3n) is 4.49. The molecule has 0 bridgehead atoms. The van der Waals surface area contributed by atoms with Gasteiger partial charge < -0.3 is 5.32 Å². The van der Waals surface area contributed by atoms with Crippen molar-refractivity contribution in [2.45, 2.75) is 44.9 Å². The van der Waals surface area contributed by atoms with Gasteiger partial charge in [0.2, 0.25) is 0 Å². The highest BCUT2D eigenvalue weighted by atomic mass is 14.9. The number of hydrogen-bond acceptors (Lipinski definition) is 1. The van der Waals surface area contributed by atoms with Gasteiger partial charge in [-0.3, -0.25) is 0 Å². The number of nitrogens with one attached hydrogen (secondary N) is 1. The topological polar surface area (TPSA) is 12.0 Å². The molecule has 1 aliphatic carbocycles. The van der Waals surface area contributed by atoms with Crippen LogP contribution in [0.15, 0.2) is 79.1 Å². The van der Waals surface area contributed by atoms with E-state index in [0.29, 0.717) is 5.92 Å². The Morgan fingerprint density at radius 3 is 2.09 bits per heavy atom. The van der Waals surface area contributed by atoms with Crippen LogP contribution in [0.2, 0.25) is 0 Å². The fourth-order valence-corrected chi connectivity index (χ4v) is 3.34. The minimum atomic E-state index is 0.607. The van der Waals surface area contributed by atoms with Gasteiger partial charge in [-0.05, 0) is 42.5 Å². The molecule has 1 aromatic carbocycles. The molecule has 0 unspecified atom stereocenters. The van der Waals surface area contributed by atoms with Crippen molar-refractivity contribution in [3.8, 4) is 0 Å². The summed E-state index contributed by atoms with van der Waals surface area (Å²) in [6.45, 7) is 7.82. The van der Waals surface area contributed by atoms with Crippen LogP contribution in [-0.2, 0) is 0 Å². The summed E-state index contributed by atoms with van der Waals surface area (Å²) in [7, 11) is 0. The first-order valence-electron chi connectivity index (χ1n) is 8.83. The molecular formula is C22H29N. The lowest BCUT2D eigenvalue weighted by Gasteiger charge is -2.25. The van der Waals surface area contributed by atoms with Gasteiger partial charge in [0.25, 0.3) is 0 Å². The van der Waals surface area contributed by atoms with Gasteiger partial charge in [-0.1, -0.05) is 81.7 Å². The highest BCUT2D eigenvalue weighted by Gasteiger charge is 2.18. The van der Waals surface area contributed by atoms with Crippen molar-refractivity contribution in [1.82, 2.24) is 0 Å². The van der Waals surface area contributed by atoms with Gasteiger partial charge in [0.05, 0.1) is 0 Å². The minimum Gasteiger partial charge on any atom is -0.355 e. The first kappa shape index (κ1) is 17.3. The molecule has 0 spiro atoms. The lowest BCUT2D eigenvalue weighted by atomic mass is 9.83. The summed E-state index contributed by atoms with van der Waals surface area (Å²) < 4.78 is 0. The van der Waals surface area contributed by atoms with E-state index < -0.39 is 0 Å². The number of rotatable bonds is 6. The molecule has 0 heterocycles. The van der Waals surface area contributed by atoms with E-state index in [2.05, 4.69) is 54.9 Å². The Kier molecular flexibility index (Phi) is 7.45. The average Bonchev–Trinajstić information content (AvgIpc) is 2.54. The van der Waals surface area contributed by atoms with E-state index in [1.54, 1.807) is 0 Å². The molecule has 1 heteroatoms. The predicted octanol–water partition coefficient (Wildman–Crippen LogP) is 6.64. The summed E-state index contributed by atoms with van der Waals surface area (Å²) in [5, 5.41) is 3.57. The van der Waals surface area contributed by atoms with E-state index >= 15 is 0 Å². The zero-order valence-electron chi connectivity index (χ0n) is 14.1. The minimum absolute atomic E-state index is 0.607. The normalized spacial score (nSPS) is 17.9. The largest absolute Gasteiger partial charge is 0.355 e. The lowest BCUT2D eigenvalue weighted by molar-refractivity contribution is 0.423. The summed E-state index contributed by atoms with van der Waals surface area (Å²) in [6.07, 6.45) is 17.4. The second-order valence-electron chi connectivity index (χ2n) is 6.21. The Labute approximate surface area is 141 Å². The van der Waals surface area contributed by atoms with Crippen molar-refractivity contribution in [2.75, 3.05) is 5.32 Å². The Balaban J connectivity index is 2.23. The van der Waals surface area contributed by atoms with Crippen LogP contribution in [0.5, 0.6) is 0 Å². The number of para-hydroxylation sites is 1. The van der Waals surface area contributed by atoms with E-state index in [0.717, 1.165) is 11.4 Å². The van der Waals surface area contributed by atoms with Gasteiger partial charge in [-0.25, -0.2) is 0 Å². The molecule has 1 nitrogen and oxygen atoms in total. The van der Waals surface area contributed by atoms with Crippen LogP contribution < -0.4 is 5.32 Å². The second kappa shape index (κ2) is 9.89. The molecule has 0 atom stereocenters. The maximum absolute atomic E-state index is 3.93. The molecule has 1 aliphatic rings. The molecule has 23 heavy (non-hydrogen) atoms. The lowest BCUT2D eigenvalue weighted by Crippen LogP contribution is -2.13. The molecule has 0 aromatic heterocycles. The van der Waals surface area contributed by atoms with E-state index in [9.17, 15) is 0 Å². The van der Waals surface area contributed by atoms with Crippen LogP contribution in [0.1, 0.15) is 44.9 Å². The predicted molar refractivity (Wildman–Crippen MR) is 102 cm³/mol. The Bertz CT molecular complexity index is 543. The standard InChI is InChI=1S/C22H29N/c1-3-13-21(19-15-9-6-5-7-10-16-19)22(14-4-2)23-20-17-11-8-12-18-20/h3-4,8,11-14,17-19,23H,1-2,5-7,9-10,15-16H2/b21-13-,22-14+. The van der Waals surface area contributed by atoms with Gasteiger partial charge in [0.1, 0.15) is 0 Å². The Morgan fingerprint density at radius 1 is 0.870 bits per heavy atom. The van der Waals surface area contributed by atoms with Crippen LogP contribution >= 0.6 is 0 Å². The zero-order chi connectivity index (χ0) is 16.3. The van der Waals surface area contributed by atoms with Gasteiger partial charge in [0, 0.05) is 11.4 Å². The second-order valence-corrected chi connectivity index (χ2v) is 6.21. The van der Waals surface area contributed by atoms with Crippen molar-refractivity contribution >= 4 is 5.69 Å². The van der Waals surface area contributed by atoms with Crippen LogP contribution in [0.3, 0.4) is 0 Å². The van der Waals surface area contributed by atoms with Crippen LogP contribution in [0.25, 0.3) is 0 Å². The van der Waals surface area contributed by atoms with Crippen molar-refractivity contribution in [3.05, 3.63) is 79.1 Å². The molecule has 0 amide bonds. The van der Waals surface area contributed by atoms with Gasteiger partial charge in [-0.2, -0.15) is 0 Å². The summed E-state index contributed by atoms with van der Waals surface area (Å²) in [5.74, 6) is 0.607. The maximum atomic E-state index is 3.93. The van der Waals surface area contributed by atoms with E-state index in [1.807, 2.05) is 18.2 Å². The molecule has 1 fully saturated rings. The first-order valence-corrected chi connectivity index (χ1v) is 8.83. The first-order chi connectivity index (χ1) is 11.3. The summed E-state index contributed by atoms with van der Waals surface area (Å²) in [5.41, 5.74) is 3.63. The Morgan fingerprint density at radius 2 is 1.48 bits per heavy atom. The molecule has 0 saturated heterocycles. The fourth-order valence-electron chi connectivity index (χ4n) is 3.34. The Hall–Kier alpha value is -2.02. The SMILES string of the molecule is C=C/C=C(\C(=C/C=C)Nc1ccccc1)C1CCCCCCC1. The van der Waals surface area contributed by atoms with Crippen molar-refractivity contribution < 1.29 is 0 Å². The zero-order valence-corrected chi connectivity index (χ0v) is 14.1. The fraction of sp³-hybridized carbons (Fsp3) is 0.364. The molecule has 1 aromatic rings. The van der Waals surface area contributed by atoms with Crippen molar-refractivity contribution in [1.29, 1.82) is 0 Å². The molecule has 0 aliphatic heterocycles. The van der Waals surface area contributed by atoms with E-state index in [1.165, 1.54) is 50.5 Å². The molecule has 2 rings (SSSR count). The van der Waals surface area contributed by atoms with Crippen molar-refractivity contribution in [3.63, 3.8) is 0 Å². The van der Waals surface area contributed by atoms with Crippen LogP contribution in [0, 0.1) is 5.92 Å². The average molecular weight is 307 g/mol. The van der Waals surface area contributed by atoms with Crippen LogP contribution in [-0.4, -0.2) is 0 Å². The molecule has 122 valence electrons. The van der Waals surface area contributed by atoms with E-state index in [4.69, 9.17) is 0 Å². The highest BCUT2D eigenvalue weighted by molar-refractivity contribution is 5.54. The van der Waals surface area contributed by atoms with Crippen molar-refractivity contribution in [2.24, 2.45) is 5.92 Å². The number of benzene rings is 1. The number of hydrogen-bond donors (Lipinski definition) is 1. The third-order valence-corrected chi connectivity index (χ3v) is 4.49. The maximum Gasteiger partial charge on any atom is 0.0419 e. The summed E-state index contributed by atoms with van der Waals surface area (Å²) in [4.78, 5) is 0. The monoisotopic (exact) mass is 307 g/mol. The molecule has 1 saturated carbocycles. The summed E-state index contributed by atoms with van der Waals surface area (Å²) >= 11 is 0. The van der Waals surface area contributed by atoms with Gasteiger partial charge in [-0.15, -0.1) is 0 Å². The van der Waals surface area contributed by atoms with Gasteiger partial charge >= 0.3 is 0 Å². The molecule has 1 N–H and O–H groups in total. The van der Waals surface area contributed by atoms with Crippen LogP contribution in [0.4, 0.5) is 5.69 Å².